The standard InChI is InChI=1S/C15H20FNO2/c1-14(2,11-3-5-12(16)6-4-11)9-17-13(19)15(10-18)7-8-15/h3-6,18H,7-10H2,1-2H3,(H,17,19). The number of aliphatic hydroxyl groups is 1. The van der Waals surface area contributed by atoms with Crippen LogP contribution in [0.3, 0.4) is 0 Å². The van der Waals surface area contributed by atoms with Crippen LogP contribution in [0.1, 0.15) is 32.3 Å². The molecular formula is C15H20FNO2. The van der Waals surface area contributed by atoms with E-state index in [1.807, 2.05) is 13.8 Å². The summed E-state index contributed by atoms with van der Waals surface area (Å²) in [6, 6.07) is 6.32. The van der Waals surface area contributed by atoms with Gasteiger partial charge in [0.2, 0.25) is 5.91 Å². The van der Waals surface area contributed by atoms with Crippen molar-refractivity contribution in [3.63, 3.8) is 0 Å². The van der Waals surface area contributed by atoms with Gasteiger partial charge in [-0.15, -0.1) is 0 Å². The van der Waals surface area contributed by atoms with Crippen LogP contribution in [0.15, 0.2) is 24.3 Å². The summed E-state index contributed by atoms with van der Waals surface area (Å²) in [7, 11) is 0. The lowest BCUT2D eigenvalue weighted by atomic mass is 9.84. The van der Waals surface area contributed by atoms with Crippen molar-refractivity contribution in [2.24, 2.45) is 5.41 Å². The maximum atomic E-state index is 12.9. The average molecular weight is 265 g/mol. The molecule has 1 amide bonds. The molecular weight excluding hydrogens is 245 g/mol. The van der Waals surface area contributed by atoms with Crippen LogP contribution in [-0.4, -0.2) is 24.2 Å². The maximum absolute atomic E-state index is 12.9. The first-order valence-electron chi connectivity index (χ1n) is 6.55. The van der Waals surface area contributed by atoms with Gasteiger partial charge >= 0.3 is 0 Å². The Morgan fingerprint density at radius 1 is 1.37 bits per heavy atom. The summed E-state index contributed by atoms with van der Waals surface area (Å²) >= 11 is 0. The van der Waals surface area contributed by atoms with E-state index in [4.69, 9.17) is 0 Å². The number of rotatable bonds is 5. The molecule has 1 fully saturated rings. The Morgan fingerprint density at radius 3 is 2.42 bits per heavy atom. The van der Waals surface area contributed by atoms with Gasteiger partial charge in [-0.2, -0.15) is 0 Å². The van der Waals surface area contributed by atoms with E-state index >= 15 is 0 Å². The van der Waals surface area contributed by atoms with E-state index in [1.54, 1.807) is 12.1 Å². The average Bonchev–Trinajstić information content (AvgIpc) is 3.17. The highest BCUT2D eigenvalue weighted by molar-refractivity contribution is 5.85. The van der Waals surface area contributed by atoms with E-state index in [0.29, 0.717) is 6.54 Å². The van der Waals surface area contributed by atoms with Gasteiger partial charge < -0.3 is 10.4 Å². The SMILES string of the molecule is CC(C)(CNC(=O)C1(CO)CC1)c1ccc(F)cc1. The van der Waals surface area contributed by atoms with Crippen LogP contribution in [0.2, 0.25) is 0 Å². The van der Waals surface area contributed by atoms with Crippen LogP contribution in [0.25, 0.3) is 0 Å². The van der Waals surface area contributed by atoms with Crippen LogP contribution in [-0.2, 0) is 10.2 Å². The van der Waals surface area contributed by atoms with E-state index < -0.39 is 5.41 Å². The Morgan fingerprint density at radius 2 is 1.95 bits per heavy atom. The van der Waals surface area contributed by atoms with Crippen molar-refractivity contribution in [1.82, 2.24) is 5.32 Å². The van der Waals surface area contributed by atoms with Crippen LogP contribution >= 0.6 is 0 Å². The van der Waals surface area contributed by atoms with Gasteiger partial charge in [0, 0.05) is 12.0 Å². The van der Waals surface area contributed by atoms with E-state index in [-0.39, 0.29) is 23.7 Å². The molecule has 0 aromatic heterocycles. The summed E-state index contributed by atoms with van der Waals surface area (Å²) < 4.78 is 12.9. The third-order valence-electron chi connectivity index (χ3n) is 3.95. The van der Waals surface area contributed by atoms with E-state index in [1.165, 1.54) is 12.1 Å². The Balaban J connectivity index is 1.98. The Hall–Kier alpha value is -1.42. The minimum absolute atomic E-state index is 0.0785. The molecule has 3 nitrogen and oxygen atoms in total. The second kappa shape index (κ2) is 4.93. The zero-order valence-electron chi connectivity index (χ0n) is 11.4. The summed E-state index contributed by atoms with van der Waals surface area (Å²) in [6.07, 6.45) is 1.51. The number of benzene rings is 1. The lowest BCUT2D eigenvalue weighted by Gasteiger charge is -2.26. The number of carbonyl (C=O) groups excluding carboxylic acids is 1. The highest BCUT2D eigenvalue weighted by Crippen LogP contribution is 2.45. The zero-order valence-corrected chi connectivity index (χ0v) is 11.4. The fourth-order valence-electron chi connectivity index (χ4n) is 2.10. The van der Waals surface area contributed by atoms with Crippen molar-refractivity contribution in [1.29, 1.82) is 0 Å². The number of nitrogens with one attached hydrogen (secondary N) is 1. The predicted octanol–water partition coefficient (Wildman–Crippen LogP) is 1.99. The highest BCUT2D eigenvalue weighted by atomic mass is 19.1. The largest absolute Gasteiger partial charge is 0.395 e. The van der Waals surface area contributed by atoms with Gasteiger partial charge in [-0.05, 0) is 30.5 Å². The normalized spacial score (nSPS) is 17.1. The molecule has 0 unspecified atom stereocenters. The molecule has 104 valence electrons. The molecule has 0 saturated heterocycles. The van der Waals surface area contributed by atoms with Gasteiger partial charge in [0.15, 0.2) is 0 Å². The van der Waals surface area contributed by atoms with Gasteiger partial charge in [0.25, 0.3) is 0 Å². The van der Waals surface area contributed by atoms with E-state index in [2.05, 4.69) is 5.32 Å². The van der Waals surface area contributed by atoms with Crippen molar-refractivity contribution in [2.75, 3.05) is 13.2 Å². The first kappa shape index (κ1) is 14.0. The molecule has 4 heteroatoms. The third-order valence-corrected chi connectivity index (χ3v) is 3.95. The number of hydrogen-bond acceptors (Lipinski definition) is 2. The number of aliphatic hydroxyl groups excluding tert-OH is 1. The highest BCUT2D eigenvalue weighted by Gasteiger charge is 2.49. The molecule has 0 spiro atoms. The monoisotopic (exact) mass is 265 g/mol. The van der Waals surface area contributed by atoms with Gasteiger partial charge in [-0.25, -0.2) is 4.39 Å². The summed E-state index contributed by atoms with van der Waals surface area (Å²) in [5.41, 5.74) is 0.163. The van der Waals surface area contributed by atoms with Crippen molar-refractivity contribution >= 4 is 5.91 Å². The van der Waals surface area contributed by atoms with Crippen molar-refractivity contribution in [3.8, 4) is 0 Å². The maximum Gasteiger partial charge on any atom is 0.228 e. The second-order valence-corrected chi connectivity index (χ2v) is 6.01. The summed E-state index contributed by atoms with van der Waals surface area (Å²) in [5.74, 6) is -0.342. The quantitative estimate of drug-likeness (QED) is 0.855. The molecule has 0 bridgehead atoms. The van der Waals surface area contributed by atoms with Crippen LogP contribution in [0.4, 0.5) is 4.39 Å². The Kier molecular flexibility index (Phi) is 3.63. The molecule has 0 aliphatic heterocycles. The molecule has 2 rings (SSSR count). The number of carbonyl (C=O) groups is 1. The first-order valence-corrected chi connectivity index (χ1v) is 6.55. The van der Waals surface area contributed by atoms with Crippen molar-refractivity contribution in [3.05, 3.63) is 35.6 Å². The summed E-state index contributed by atoms with van der Waals surface area (Å²) in [4.78, 5) is 12.0. The lowest BCUT2D eigenvalue weighted by Crippen LogP contribution is -2.41. The molecule has 1 aliphatic rings. The van der Waals surface area contributed by atoms with Crippen LogP contribution in [0.5, 0.6) is 0 Å². The Bertz CT molecular complexity index is 464. The molecule has 0 radical (unpaired) electrons. The molecule has 1 aromatic carbocycles. The molecule has 1 aliphatic carbocycles. The molecule has 2 N–H and O–H groups in total. The smallest absolute Gasteiger partial charge is 0.228 e. The molecule has 1 saturated carbocycles. The van der Waals surface area contributed by atoms with Crippen LogP contribution < -0.4 is 5.32 Å². The number of hydrogen-bond donors (Lipinski definition) is 2. The Labute approximate surface area is 112 Å². The zero-order chi connectivity index (χ0) is 14.1. The molecule has 1 aromatic rings. The fraction of sp³-hybridized carbons (Fsp3) is 0.533. The number of halogens is 1. The van der Waals surface area contributed by atoms with Gasteiger partial charge in [-0.1, -0.05) is 26.0 Å². The van der Waals surface area contributed by atoms with E-state index in [0.717, 1.165) is 18.4 Å². The fourth-order valence-corrected chi connectivity index (χ4v) is 2.10. The summed E-state index contributed by atoms with van der Waals surface area (Å²) in [6.45, 7) is 4.38. The lowest BCUT2D eigenvalue weighted by molar-refractivity contribution is -0.127. The van der Waals surface area contributed by atoms with Gasteiger partial charge in [0.05, 0.1) is 12.0 Å². The van der Waals surface area contributed by atoms with Crippen molar-refractivity contribution in [2.45, 2.75) is 32.1 Å². The third kappa shape index (κ3) is 2.95. The van der Waals surface area contributed by atoms with Crippen molar-refractivity contribution < 1.29 is 14.3 Å². The minimum atomic E-state index is -0.543. The molecule has 0 atom stereocenters. The molecule has 19 heavy (non-hydrogen) atoms. The first-order chi connectivity index (χ1) is 8.89. The van der Waals surface area contributed by atoms with Gasteiger partial charge in [-0.3, -0.25) is 4.79 Å². The van der Waals surface area contributed by atoms with Gasteiger partial charge in [0.1, 0.15) is 5.82 Å². The summed E-state index contributed by atoms with van der Waals surface area (Å²) in [5, 5.41) is 12.1. The number of amides is 1. The second-order valence-electron chi connectivity index (χ2n) is 6.01. The van der Waals surface area contributed by atoms with Crippen LogP contribution in [0, 0.1) is 11.2 Å². The topological polar surface area (TPSA) is 49.3 Å². The molecule has 0 heterocycles. The van der Waals surface area contributed by atoms with E-state index in [9.17, 15) is 14.3 Å². The minimum Gasteiger partial charge on any atom is -0.395 e. The predicted molar refractivity (Wildman–Crippen MR) is 71.2 cm³/mol.